The van der Waals surface area contributed by atoms with E-state index in [0.717, 1.165) is 29.1 Å². The number of hydrogen-bond acceptors (Lipinski definition) is 5. The van der Waals surface area contributed by atoms with Gasteiger partial charge in [0.2, 0.25) is 0 Å². The van der Waals surface area contributed by atoms with Crippen LogP contribution in [0, 0.1) is 0 Å². The van der Waals surface area contributed by atoms with Gasteiger partial charge in [0.05, 0.1) is 31.0 Å². The molecule has 0 radical (unpaired) electrons. The first-order chi connectivity index (χ1) is 15.5. The molecule has 0 spiro atoms. The lowest BCUT2D eigenvalue weighted by molar-refractivity contribution is 0.0631. The SMILES string of the molecule is COc1ccc(CN(C(=O)c2ccc3c(c2)C(=O)N(Cc2ccco2)C3=O)C2CC2)cc1. The minimum atomic E-state index is -0.413. The molecule has 0 saturated heterocycles. The third-order valence-electron chi connectivity index (χ3n) is 5.87. The molecule has 0 unspecified atom stereocenters. The Labute approximate surface area is 185 Å². The summed E-state index contributed by atoms with van der Waals surface area (Å²) in [5.74, 6) is 0.354. The van der Waals surface area contributed by atoms with Crippen LogP contribution in [0.5, 0.6) is 5.75 Å². The van der Waals surface area contributed by atoms with Gasteiger partial charge in [-0.1, -0.05) is 12.1 Å². The van der Waals surface area contributed by atoms with Crippen LogP contribution in [-0.2, 0) is 13.1 Å². The fraction of sp³-hybridized carbons (Fsp3) is 0.240. The Bertz CT molecular complexity index is 1180. The summed E-state index contributed by atoms with van der Waals surface area (Å²) in [6.07, 6.45) is 3.42. The van der Waals surface area contributed by atoms with Crippen LogP contribution in [0.2, 0.25) is 0 Å². The van der Waals surface area contributed by atoms with Crippen molar-refractivity contribution in [1.29, 1.82) is 0 Å². The standard InChI is InChI=1S/C25H22N2O5/c1-31-19-9-4-16(5-10-19)14-26(18-7-8-18)23(28)17-6-11-21-22(13-17)25(30)27(24(21)29)15-20-3-2-12-32-20/h2-6,9-13,18H,7-8,14-15H2,1H3. The van der Waals surface area contributed by atoms with Gasteiger partial charge in [-0.15, -0.1) is 0 Å². The predicted molar refractivity (Wildman–Crippen MR) is 115 cm³/mol. The van der Waals surface area contributed by atoms with Gasteiger partial charge in [-0.3, -0.25) is 19.3 Å². The second-order valence-electron chi connectivity index (χ2n) is 8.05. The van der Waals surface area contributed by atoms with E-state index in [1.165, 1.54) is 6.26 Å². The minimum Gasteiger partial charge on any atom is -0.497 e. The molecule has 1 aromatic heterocycles. The van der Waals surface area contributed by atoms with Crippen LogP contribution in [0.1, 0.15) is 55.2 Å². The number of imide groups is 1. The zero-order valence-electron chi connectivity index (χ0n) is 17.6. The summed E-state index contributed by atoms with van der Waals surface area (Å²) >= 11 is 0. The van der Waals surface area contributed by atoms with Crippen LogP contribution in [0.3, 0.4) is 0 Å². The first-order valence-electron chi connectivity index (χ1n) is 10.5. The van der Waals surface area contributed by atoms with Gasteiger partial charge < -0.3 is 14.1 Å². The van der Waals surface area contributed by atoms with E-state index < -0.39 is 5.91 Å². The van der Waals surface area contributed by atoms with Crippen molar-refractivity contribution in [3.8, 4) is 5.75 Å². The average molecular weight is 430 g/mol. The summed E-state index contributed by atoms with van der Waals surface area (Å²) in [4.78, 5) is 42.0. The number of rotatable bonds is 7. The van der Waals surface area contributed by atoms with E-state index in [-0.39, 0.29) is 30.0 Å². The molecule has 1 aliphatic carbocycles. The van der Waals surface area contributed by atoms with Crippen LogP contribution < -0.4 is 4.74 Å². The zero-order chi connectivity index (χ0) is 22.2. The second kappa shape index (κ2) is 8.00. The lowest BCUT2D eigenvalue weighted by atomic mass is 10.0. The topological polar surface area (TPSA) is 80.1 Å². The number of nitrogens with zero attached hydrogens (tertiary/aromatic N) is 2. The monoisotopic (exact) mass is 430 g/mol. The Morgan fingerprint density at radius 3 is 2.47 bits per heavy atom. The molecular weight excluding hydrogens is 408 g/mol. The number of amides is 3. The summed E-state index contributed by atoms with van der Waals surface area (Å²) < 4.78 is 10.5. The summed E-state index contributed by atoms with van der Waals surface area (Å²) in [6, 6.07) is 16.0. The Morgan fingerprint density at radius 2 is 1.81 bits per heavy atom. The summed E-state index contributed by atoms with van der Waals surface area (Å²) in [5.41, 5.74) is 1.98. The Morgan fingerprint density at radius 1 is 1.06 bits per heavy atom. The smallest absolute Gasteiger partial charge is 0.261 e. The van der Waals surface area contributed by atoms with Crippen molar-refractivity contribution in [2.45, 2.75) is 32.0 Å². The lowest BCUT2D eigenvalue weighted by Gasteiger charge is -2.23. The van der Waals surface area contributed by atoms with Crippen LogP contribution >= 0.6 is 0 Å². The molecule has 7 heteroatoms. The molecule has 1 fully saturated rings. The maximum Gasteiger partial charge on any atom is 0.261 e. The van der Waals surface area contributed by atoms with E-state index in [1.54, 1.807) is 37.4 Å². The van der Waals surface area contributed by atoms with Gasteiger partial charge in [0.25, 0.3) is 17.7 Å². The molecule has 1 saturated carbocycles. The van der Waals surface area contributed by atoms with Crippen molar-refractivity contribution in [1.82, 2.24) is 9.80 Å². The van der Waals surface area contributed by atoms with E-state index >= 15 is 0 Å². The molecule has 0 bridgehead atoms. The Kier molecular flexibility index (Phi) is 5.01. The maximum absolute atomic E-state index is 13.4. The van der Waals surface area contributed by atoms with Crippen LogP contribution in [-0.4, -0.2) is 40.7 Å². The third kappa shape index (κ3) is 3.66. The molecule has 3 amide bonds. The van der Waals surface area contributed by atoms with Gasteiger partial charge in [-0.2, -0.15) is 0 Å². The summed E-state index contributed by atoms with van der Waals surface area (Å²) in [7, 11) is 1.62. The van der Waals surface area contributed by atoms with Crippen LogP contribution in [0.15, 0.2) is 65.3 Å². The van der Waals surface area contributed by atoms with Gasteiger partial charge in [0.15, 0.2) is 0 Å². The van der Waals surface area contributed by atoms with Gasteiger partial charge in [-0.25, -0.2) is 0 Å². The van der Waals surface area contributed by atoms with Crippen molar-refractivity contribution in [2.75, 3.05) is 7.11 Å². The van der Waals surface area contributed by atoms with E-state index in [1.807, 2.05) is 29.2 Å². The average Bonchev–Trinajstić information content (AvgIpc) is 3.48. The number of hydrogen-bond donors (Lipinski definition) is 0. The van der Waals surface area contributed by atoms with Crippen LogP contribution in [0.4, 0.5) is 0 Å². The molecule has 32 heavy (non-hydrogen) atoms. The fourth-order valence-corrected chi connectivity index (χ4v) is 3.97. The highest BCUT2D eigenvalue weighted by Crippen LogP contribution is 2.32. The van der Waals surface area contributed by atoms with Crippen molar-refractivity contribution < 1.29 is 23.5 Å². The Balaban J connectivity index is 1.38. The van der Waals surface area contributed by atoms with Gasteiger partial charge in [0.1, 0.15) is 11.5 Å². The summed E-state index contributed by atoms with van der Waals surface area (Å²) in [5, 5.41) is 0. The van der Waals surface area contributed by atoms with Crippen molar-refractivity contribution >= 4 is 17.7 Å². The van der Waals surface area contributed by atoms with Crippen molar-refractivity contribution in [3.05, 3.63) is 88.9 Å². The number of furan rings is 1. The van der Waals surface area contributed by atoms with Gasteiger partial charge in [0, 0.05) is 18.2 Å². The molecule has 1 aliphatic heterocycles. The maximum atomic E-state index is 13.4. The van der Waals surface area contributed by atoms with E-state index in [4.69, 9.17) is 9.15 Å². The van der Waals surface area contributed by atoms with Crippen molar-refractivity contribution in [2.24, 2.45) is 0 Å². The molecule has 162 valence electrons. The molecule has 3 aromatic rings. The first kappa shape index (κ1) is 20.1. The van der Waals surface area contributed by atoms with E-state index in [9.17, 15) is 14.4 Å². The molecule has 0 atom stereocenters. The zero-order valence-corrected chi connectivity index (χ0v) is 17.6. The van der Waals surface area contributed by atoms with E-state index in [2.05, 4.69) is 0 Å². The quantitative estimate of drug-likeness (QED) is 0.532. The number of carbonyl (C=O) groups excluding carboxylic acids is 3. The first-order valence-corrected chi connectivity index (χ1v) is 10.5. The largest absolute Gasteiger partial charge is 0.497 e. The Hall–Kier alpha value is -3.87. The number of ether oxygens (including phenoxy) is 1. The number of benzene rings is 2. The fourth-order valence-electron chi connectivity index (χ4n) is 3.97. The highest BCUT2D eigenvalue weighted by Gasteiger charge is 2.38. The molecule has 2 aromatic carbocycles. The van der Waals surface area contributed by atoms with Gasteiger partial charge >= 0.3 is 0 Å². The molecule has 2 heterocycles. The molecule has 7 nitrogen and oxygen atoms in total. The highest BCUT2D eigenvalue weighted by molar-refractivity contribution is 6.22. The molecule has 5 rings (SSSR count). The number of carbonyl (C=O) groups is 3. The number of methoxy groups -OCH3 is 1. The predicted octanol–water partition coefficient (Wildman–Crippen LogP) is 3.89. The third-order valence-corrected chi connectivity index (χ3v) is 5.87. The molecule has 2 aliphatic rings. The highest BCUT2D eigenvalue weighted by atomic mass is 16.5. The minimum absolute atomic E-state index is 0.0638. The summed E-state index contributed by atoms with van der Waals surface area (Å²) in [6.45, 7) is 0.538. The second-order valence-corrected chi connectivity index (χ2v) is 8.05. The van der Waals surface area contributed by atoms with E-state index in [0.29, 0.717) is 23.4 Å². The lowest BCUT2D eigenvalue weighted by Crippen LogP contribution is -2.32. The normalized spacial score (nSPS) is 15.1. The molecular formula is C25H22N2O5. The van der Waals surface area contributed by atoms with Crippen molar-refractivity contribution in [3.63, 3.8) is 0 Å². The number of fused-ring (bicyclic) bond motifs is 1. The molecule has 0 N–H and O–H groups in total. The van der Waals surface area contributed by atoms with Gasteiger partial charge in [-0.05, 0) is 60.9 Å². The van der Waals surface area contributed by atoms with Crippen LogP contribution in [0.25, 0.3) is 0 Å².